The molecule has 126 valence electrons. The Balaban J connectivity index is 2.65. The van der Waals surface area contributed by atoms with Crippen LogP contribution in [0.4, 0.5) is 13.2 Å². The SMILES string of the molecule is CCC(CC)(CNC(C)C)CN1CCCC(C(F)(F)F)C1. The van der Waals surface area contributed by atoms with E-state index in [2.05, 4.69) is 33.0 Å². The van der Waals surface area contributed by atoms with Crippen LogP contribution in [-0.2, 0) is 0 Å². The van der Waals surface area contributed by atoms with Crippen LogP contribution in [0.25, 0.3) is 0 Å². The zero-order chi connectivity index (χ0) is 16.1. The van der Waals surface area contributed by atoms with Gasteiger partial charge in [-0.25, -0.2) is 0 Å². The lowest BCUT2D eigenvalue weighted by molar-refractivity contribution is -0.187. The molecule has 0 aliphatic carbocycles. The molecule has 0 bridgehead atoms. The molecular weight excluding hydrogens is 277 g/mol. The van der Waals surface area contributed by atoms with Crippen LogP contribution < -0.4 is 5.32 Å². The Labute approximate surface area is 127 Å². The molecule has 21 heavy (non-hydrogen) atoms. The van der Waals surface area contributed by atoms with Crippen molar-refractivity contribution in [3.05, 3.63) is 0 Å². The van der Waals surface area contributed by atoms with Crippen molar-refractivity contribution in [2.75, 3.05) is 26.2 Å². The van der Waals surface area contributed by atoms with Gasteiger partial charge in [0.25, 0.3) is 0 Å². The van der Waals surface area contributed by atoms with Crippen LogP contribution in [0.2, 0.25) is 0 Å². The minimum Gasteiger partial charge on any atom is -0.314 e. The van der Waals surface area contributed by atoms with Crippen LogP contribution in [0.5, 0.6) is 0 Å². The van der Waals surface area contributed by atoms with Crippen LogP contribution in [0.1, 0.15) is 53.4 Å². The first-order valence-electron chi connectivity index (χ1n) is 8.25. The minimum atomic E-state index is -4.05. The van der Waals surface area contributed by atoms with E-state index in [0.717, 1.165) is 32.5 Å². The maximum absolute atomic E-state index is 12.9. The number of hydrogen-bond acceptors (Lipinski definition) is 2. The van der Waals surface area contributed by atoms with Crippen molar-refractivity contribution in [1.82, 2.24) is 10.2 Å². The molecule has 1 fully saturated rings. The molecule has 1 rings (SSSR count). The standard InChI is InChI=1S/C16H31F3N2/c1-5-15(6-2,11-20-13(3)4)12-21-9-7-8-14(10-21)16(17,18)19/h13-14,20H,5-12H2,1-4H3. The molecule has 1 atom stereocenters. The number of hydrogen-bond donors (Lipinski definition) is 1. The van der Waals surface area contributed by atoms with Crippen LogP contribution in [0, 0.1) is 11.3 Å². The smallest absolute Gasteiger partial charge is 0.314 e. The zero-order valence-electron chi connectivity index (χ0n) is 13.9. The summed E-state index contributed by atoms with van der Waals surface area (Å²) >= 11 is 0. The summed E-state index contributed by atoms with van der Waals surface area (Å²) in [6, 6.07) is 0.409. The summed E-state index contributed by atoms with van der Waals surface area (Å²) in [6.45, 7) is 11.1. The Bertz CT molecular complexity index is 298. The summed E-state index contributed by atoms with van der Waals surface area (Å²) in [5.41, 5.74) is 0.0811. The van der Waals surface area contributed by atoms with Gasteiger partial charge in [-0.05, 0) is 37.6 Å². The van der Waals surface area contributed by atoms with Gasteiger partial charge < -0.3 is 10.2 Å². The number of nitrogens with one attached hydrogen (secondary N) is 1. The average molecular weight is 308 g/mol. The van der Waals surface area contributed by atoms with Gasteiger partial charge in [0.15, 0.2) is 0 Å². The first-order valence-corrected chi connectivity index (χ1v) is 8.25. The molecule has 1 heterocycles. The van der Waals surface area contributed by atoms with Crippen LogP contribution in [-0.4, -0.2) is 43.3 Å². The van der Waals surface area contributed by atoms with Gasteiger partial charge in [0, 0.05) is 25.7 Å². The van der Waals surface area contributed by atoms with Gasteiger partial charge in [0.05, 0.1) is 5.92 Å². The summed E-state index contributed by atoms with van der Waals surface area (Å²) in [5.74, 6) is -1.14. The fourth-order valence-electron chi connectivity index (χ4n) is 3.14. The highest BCUT2D eigenvalue weighted by Gasteiger charge is 2.42. The number of halogens is 3. The van der Waals surface area contributed by atoms with Crippen LogP contribution in [0.15, 0.2) is 0 Å². The third kappa shape index (κ3) is 5.78. The topological polar surface area (TPSA) is 15.3 Å². The van der Waals surface area contributed by atoms with Gasteiger partial charge in [-0.2, -0.15) is 13.2 Å². The van der Waals surface area contributed by atoms with Crippen molar-refractivity contribution >= 4 is 0 Å². The molecule has 1 saturated heterocycles. The second kappa shape index (κ2) is 7.82. The molecule has 0 spiro atoms. The van der Waals surface area contributed by atoms with E-state index in [1.54, 1.807) is 0 Å². The first-order chi connectivity index (χ1) is 9.72. The molecule has 1 aliphatic rings. The fourth-order valence-corrected chi connectivity index (χ4v) is 3.14. The quantitative estimate of drug-likeness (QED) is 0.763. The third-order valence-electron chi connectivity index (χ3n) is 4.91. The van der Waals surface area contributed by atoms with Crippen molar-refractivity contribution in [1.29, 1.82) is 0 Å². The lowest BCUT2D eigenvalue weighted by Crippen LogP contribution is -2.49. The lowest BCUT2D eigenvalue weighted by Gasteiger charge is -2.41. The highest BCUT2D eigenvalue weighted by atomic mass is 19.4. The van der Waals surface area contributed by atoms with Crippen molar-refractivity contribution in [2.24, 2.45) is 11.3 Å². The van der Waals surface area contributed by atoms with Gasteiger partial charge in [-0.15, -0.1) is 0 Å². The molecule has 2 nitrogen and oxygen atoms in total. The predicted molar refractivity (Wildman–Crippen MR) is 81.4 cm³/mol. The Morgan fingerprint density at radius 1 is 1.19 bits per heavy atom. The number of likely N-dealkylation sites (tertiary alicyclic amines) is 1. The molecule has 0 amide bonds. The highest BCUT2D eigenvalue weighted by Crippen LogP contribution is 2.35. The van der Waals surface area contributed by atoms with Gasteiger partial charge in [0.1, 0.15) is 0 Å². The van der Waals surface area contributed by atoms with Crippen molar-refractivity contribution in [3.8, 4) is 0 Å². The number of rotatable bonds is 7. The normalized spacial score (nSPS) is 22.0. The largest absolute Gasteiger partial charge is 0.393 e. The van der Waals surface area contributed by atoms with E-state index in [-0.39, 0.29) is 18.4 Å². The van der Waals surface area contributed by atoms with Gasteiger partial charge in [0.2, 0.25) is 0 Å². The summed E-state index contributed by atoms with van der Waals surface area (Å²) in [4.78, 5) is 2.04. The number of alkyl halides is 3. The summed E-state index contributed by atoms with van der Waals surface area (Å²) in [5, 5.41) is 3.47. The van der Waals surface area contributed by atoms with E-state index in [1.165, 1.54) is 0 Å². The van der Waals surface area contributed by atoms with E-state index >= 15 is 0 Å². The number of nitrogens with zero attached hydrogens (tertiary/aromatic N) is 1. The van der Waals surface area contributed by atoms with Crippen molar-refractivity contribution in [3.63, 3.8) is 0 Å². The van der Waals surface area contributed by atoms with Gasteiger partial charge in [-0.3, -0.25) is 0 Å². The maximum Gasteiger partial charge on any atom is 0.393 e. The summed E-state index contributed by atoms with van der Waals surface area (Å²) < 4.78 is 38.8. The Morgan fingerprint density at radius 2 is 1.81 bits per heavy atom. The molecule has 1 unspecified atom stereocenters. The second-order valence-electron chi connectivity index (χ2n) is 6.86. The molecule has 1 N–H and O–H groups in total. The van der Waals surface area contributed by atoms with Gasteiger partial charge in [-0.1, -0.05) is 27.7 Å². The van der Waals surface area contributed by atoms with E-state index < -0.39 is 12.1 Å². The molecule has 5 heteroatoms. The summed E-state index contributed by atoms with van der Waals surface area (Å²) in [6.07, 6.45) is -1.11. The molecule has 0 aromatic carbocycles. The van der Waals surface area contributed by atoms with Crippen LogP contribution >= 0.6 is 0 Å². The maximum atomic E-state index is 12.9. The van der Waals surface area contributed by atoms with Crippen LogP contribution in [0.3, 0.4) is 0 Å². The highest BCUT2D eigenvalue weighted by molar-refractivity contribution is 4.87. The van der Waals surface area contributed by atoms with Crippen molar-refractivity contribution < 1.29 is 13.2 Å². The Kier molecular flexibility index (Phi) is 6.98. The monoisotopic (exact) mass is 308 g/mol. The molecular formula is C16H31F3N2. The molecule has 0 radical (unpaired) electrons. The Morgan fingerprint density at radius 3 is 2.29 bits per heavy atom. The second-order valence-corrected chi connectivity index (χ2v) is 6.86. The van der Waals surface area contributed by atoms with Crippen molar-refractivity contribution in [2.45, 2.75) is 65.6 Å². The van der Waals surface area contributed by atoms with E-state index in [0.29, 0.717) is 12.5 Å². The first kappa shape index (κ1) is 18.8. The fraction of sp³-hybridized carbons (Fsp3) is 1.00. The molecule has 0 saturated carbocycles. The lowest BCUT2D eigenvalue weighted by atomic mass is 9.80. The predicted octanol–water partition coefficient (Wildman–Crippen LogP) is 4.07. The molecule has 0 aromatic rings. The molecule has 1 aliphatic heterocycles. The molecule has 0 aromatic heterocycles. The Hall–Kier alpha value is -0.290. The van der Waals surface area contributed by atoms with E-state index in [4.69, 9.17) is 0 Å². The average Bonchev–Trinajstić information content (AvgIpc) is 2.43. The zero-order valence-corrected chi connectivity index (χ0v) is 13.9. The van der Waals surface area contributed by atoms with E-state index in [1.807, 2.05) is 4.90 Å². The van der Waals surface area contributed by atoms with E-state index in [9.17, 15) is 13.2 Å². The summed E-state index contributed by atoms with van der Waals surface area (Å²) in [7, 11) is 0. The van der Waals surface area contributed by atoms with Gasteiger partial charge >= 0.3 is 6.18 Å². The minimum absolute atomic E-state index is 0.0811. The number of piperidine rings is 1. The third-order valence-corrected chi connectivity index (χ3v) is 4.91.